The van der Waals surface area contributed by atoms with Gasteiger partial charge in [0.2, 0.25) is 0 Å². The van der Waals surface area contributed by atoms with E-state index in [1.54, 1.807) is 36.4 Å². The molecule has 3 aromatic rings. The summed E-state index contributed by atoms with van der Waals surface area (Å²) in [4.78, 5) is 27.0. The molecular formula is C23H18FNO5. The molecule has 1 aromatic heterocycles. The van der Waals surface area contributed by atoms with E-state index in [2.05, 4.69) is 0 Å². The summed E-state index contributed by atoms with van der Waals surface area (Å²) in [5.41, 5.74) is 0.518. The largest absolute Gasteiger partial charge is 0.507 e. The second-order valence-corrected chi connectivity index (χ2v) is 6.62. The number of amides is 1. The van der Waals surface area contributed by atoms with E-state index < -0.39 is 23.5 Å². The average Bonchev–Trinajstić information content (AvgIpc) is 3.36. The number of Topliss-reactive ketones (excluding diaryl/α,β-unsaturated/α-hetero) is 1. The van der Waals surface area contributed by atoms with Crippen LogP contribution >= 0.6 is 0 Å². The number of hydrogen-bond donors (Lipinski definition) is 1. The van der Waals surface area contributed by atoms with Crippen LogP contribution in [0.15, 0.2) is 76.9 Å². The molecule has 1 atom stereocenters. The van der Waals surface area contributed by atoms with Crippen LogP contribution in [-0.4, -0.2) is 23.4 Å². The van der Waals surface area contributed by atoms with Crippen LogP contribution in [0.25, 0.3) is 5.76 Å². The molecule has 1 N–H and O–H groups in total. The maximum atomic E-state index is 13.4. The maximum absolute atomic E-state index is 13.4. The highest BCUT2D eigenvalue weighted by Gasteiger charge is 2.48. The van der Waals surface area contributed by atoms with Gasteiger partial charge in [-0.2, -0.15) is 0 Å². The second kappa shape index (κ2) is 7.87. The number of carbonyl (C=O) groups excluding carboxylic acids is 2. The summed E-state index contributed by atoms with van der Waals surface area (Å²) in [6.45, 7) is 2.27. The number of rotatable bonds is 5. The third-order valence-corrected chi connectivity index (χ3v) is 4.78. The van der Waals surface area contributed by atoms with Crippen molar-refractivity contribution in [2.24, 2.45) is 0 Å². The van der Waals surface area contributed by atoms with Crippen molar-refractivity contribution in [3.8, 4) is 5.75 Å². The van der Waals surface area contributed by atoms with Crippen LogP contribution in [0.1, 0.15) is 24.3 Å². The summed E-state index contributed by atoms with van der Waals surface area (Å²) < 4.78 is 24.3. The van der Waals surface area contributed by atoms with E-state index in [9.17, 15) is 19.1 Å². The second-order valence-electron chi connectivity index (χ2n) is 6.62. The highest BCUT2D eigenvalue weighted by Crippen LogP contribution is 2.42. The zero-order chi connectivity index (χ0) is 21.3. The summed E-state index contributed by atoms with van der Waals surface area (Å²) >= 11 is 0. The van der Waals surface area contributed by atoms with Gasteiger partial charge in [-0.15, -0.1) is 0 Å². The molecular weight excluding hydrogens is 389 g/mol. The Kier molecular flexibility index (Phi) is 5.10. The first-order chi connectivity index (χ1) is 14.5. The molecule has 0 aliphatic carbocycles. The molecule has 0 saturated carbocycles. The monoisotopic (exact) mass is 407 g/mol. The van der Waals surface area contributed by atoms with E-state index in [1.165, 1.54) is 35.4 Å². The van der Waals surface area contributed by atoms with E-state index in [-0.39, 0.29) is 11.3 Å². The van der Waals surface area contributed by atoms with Crippen LogP contribution in [0.2, 0.25) is 0 Å². The fourth-order valence-electron chi connectivity index (χ4n) is 3.47. The molecule has 1 unspecified atom stereocenters. The average molecular weight is 407 g/mol. The summed E-state index contributed by atoms with van der Waals surface area (Å²) in [5, 5.41) is 11.0. The first-order valence-corrected chi connectivity index (χ1v) is 9.34. The number of furan rings is 1. The highest BCUT2D eigenvalue weighted by molar-refractivity contribution is 6.51. The molecule has 6 nitrogen and oxygen atoms in total. The number of ketones is 1. The summed E-state index contributed by atoms with van der Waals surface area (Å²) in [5.74, 6) is -1.71. The van der Waals surface area contributed by atoms with Gasteiger partial charge in [-0.05, 0) is 55.5 Å². The normalized spacial score (nSPS) is 18.1. The van der Waals surface area contributed by atoms with Gasteiger partial charge in [0.05, 0.1) is 18.4 Å². The topological polar surface area (TPSA) is 80.0 Å². The van der Waals surface area contributed by atoms with Gasteiger partial charge in [-0.3, -0.25) is 14.5 Å². The van der Waals surface area contributed by atoms with Crippen LogP contribution in [-0.2, 0) is 9.59 Å². The van der Waals surface area contributed by atoms with Crippen molar-refractivity contribution in [1.29, 1.82) is 0 Å². The van der Waals surface area contributed by atoms with E-state index in [0.29, 0.717) is 29.4 Å². The molecule has 4 rings (SSSR count). The van der Waals surface area contributed by atoms with Crippen molar-refractivity contribution in [2.45, 2.75) is 13.0 Å². The Morgan fingerprint density at radius 2 is 1.90 bits per heavy atom. The van der Waals surface area contributed by atoms with Gasteiger partial charge in [-0.1, -0.05) is 12.1 Å². The van der Waals surface area contributed by atoms with Crippen LogP contribution in [0.4, 0.5) is 10.1 Å². The minimum Gasteiger partial charge on any atom is -0.507 e. The minimum atomic E-state index is -0.999. The van der Waals surface area contributed by atoms with Crippen molar-refractivity contribution < 1.29 is 28.2 Å². The van der Waals surface area contributed by atoms with Gasteiger partial charge in [-0.25, -0.2) is 4.39 Å². The number of carbonyl (C=O) groups is 2. The Bertz CT molecular complexity index is 1120. The molecule has 2 aromatic carbocycles. The number of aliphatic hydroxyl groups excluding tert-OH is 1. The molecule has 152 valence electrons. The van der Waals surface area contributed by atoms with Crippen molar-refractivity contribution in [3.05, 3.63) is 89.6 Å². The van der Waals surface area contributed by atoms with E-state index in [4.69, 9.17) is 9.15 Å². The van der Waals surface area contributed by atoms with Crippen LogP contribution < -0.4 is 9.64 Å². The number of ether oxygens (including phenoxy) is 1. The third kappa shape index (κ3) is 3.34. The molecule has 2 heterocycles. The zero-order valence-corrected chi connectivity index (χ0v) is 16.0. The van der Waals surface area contributed by atoms with Gasteiger partial charge in [0, 0.05) is 11.3 Å². The molecule has 1 saturated heterocycles. The molecule has 1 aliphatic heterocycles. The molecule has 1 amide bonds. The van der Waals surface area contributed by atoms with Gasteiger partial charge in [0.1, 0.15) is 29.1 Å². The molecule has 7 heteroatoms. The number of hydrogen-bond acceptors (Lipinski definition) is 5. The van der Waals surface area contributed by atoms with E-state index >= 15 is 0 Å². The lowest BCUT2D eigenvalue weighted by Gasteiger charge is -2.23. The molecule has 1 aliphatic rings. The van der Waals surface area contributed by atoms with Crippen molar-refractivity contribution in [2.75, 3.05) is 11.5 Å². The zero-order valence-electron chi connectivity index (χ0n) is 16.0. The summed E-state index contributed by atoms with van der Waals surface area (Å²) in [6, 6.07) is 14.0. The minimum absolute atomic E-state index is 0.118. The Morgan fingerprint density at radius 3 is 2.57 bits per heavy atom. The summed E-state index contributed by atoms with van der Waals surface area (Å²) in [6.07, 6.45) is 1.41. The number of halogens is 1. The molecule has 30 heavy (non-hydrogen) atoms. The SMILES string of the molecule is CCOc1cccc(/C(O)=C2/C(=O)C(=O)N(c3ccc(F)cc3)C2c2ccco2)c1. The van der Waals surface area contributed by atoms with Gasteiger partial charge >= 0.3 is 0 Å². The van der Waals surface area contributed by atoms with Crippen LogP contribution in [0.5, 0.6) is 5.75 Å². The number of benzene rings is 2. The quantitative estimate of drug-likeness (QED) is 0.384. The van der Waals surface area contributed by atoms with Crippen molar-refractivity contribution in [3.63, 3.8) is 0 Å². The summed E-state index contributed by atoms with van der Waals surface area (Å²) in [7, 11) is 0. The fourth-order valence-corrected chi connectivity index (χ4v) is 3.47. The molecule has 0 bridgehead atoms. The van der Waals surface area contributed by atoms with E-state index in [1.807, 2.05) is 6.92 Å². The lowest BCUT2D eigenvalue weighted by molar-refractivity contribution is -0.132. The number of anilines is 1. The Morgan fingerprint density at radius 1 is 1.13 bits per heavy atom. The lowest BCUT2D eigenvalue weighted by atomic mass is 9.99. The maximum Gasteiger partial charge on any atom is 0.300 e. The van der Waals surface area contributed by atoms with E-state index in [0.717, 1.165) is 0 Å². The molecule has 0 spiro atoms. The Labute approximate surface area is 171 Å². The lowest BCUT2D eigenvalue weighted by Crippen LogP contribution is -2.29. The smallest absolute Gasteiger partial charge is 0.300 e. The highest BCUT2D eigenvalue weighted by atomic mass is 19.1. The third-order valence-electron chi connectivity index (χ3n) is 4.78. The predicted octanol–water partition coefficient (Wildman–Crippen LogP) is 4.44. The first-order valence-electron chi connectivity index (χ1n) is 9.34. The Balaban J connectivity index is 1.88. The van der Waals surface area contributed by atoms with Gasteiger partial charge in [0.25, 0.3) is 11.7 Å². The first kappa shape index (κ1) is 19.4. The van der Waals surface area contributed by atoms with Crippen LogP contribution in [0.3, 0.4) is 0 Å². The fraction of sp³-hybridized carbons (Fsp3) is 0.130. The van der Waals surface area contributed by atoms with Crippen molar-refractivity contribution in [1.82, 2.24) is 0 Å². The number of nitrogens with zero attached hydrogens (tertiary/aromatic N) is 1. The predicted molar refractivity (Wildman–Crippen MR) is 108 cm³/mol. The van der Waals surface area contributed by atoms with Crippen molar-refractivity contribution >= 4 is 23.1 Å². The standard InChI is InChI=1S/C23H18FNO5/c1-2-29-17-6-3-5-14(13-17)21(26)19-20(18-7-4-12-30-18)25(23(28)22(19)27)16-10-8-15(24)9-11-16/h3-13,20,26H,2H2,1H3/b21-19-. The number of aliphatic hydroxyl groups is 1. The van der Waals surface area contributed by atoms with Gasteiger partial charge < -0.3 is 14.3 Å². The van der Waals surface area contributed by atoms with Crippen LogP contribution in [0, 0.1) is 5.82 Å². The molecule has 0 radical (unpaired) electrons. The Hall–Kier alpha value is -3.87. The molecule has 1 fully saturated rings. The van der Waals surface area contributed by atoms with Gasteiger partial charge in [0.15, 0.2) is 0 Å².